The Labute approximate surface area is 160 Å². The summed E-state index contributed by atoms with van der Waals surface area (Å²) < 4.78 is 38.3. The average Bonchev–Trinajstić information content (AvgIpc) is 2.74. The number of nitrogens with zero attached hydrogens (tertiary/aromatic N) is 2. The molecule has 0 aliphatic heterocycles. The minimum Gasteiger partial charge on any atom is -0.237 e. The van der Waals surface area contributed by atoms with Gasteiger partial charge >= 0.3 is 6.18 Å². The smallest absolute Gasteiger partial charge is 0.237 e. The first-order valence-electron chi connectivity index (χ1n) is 8.67. The van der Waals surface area contributed by atoms with Crippen LogP contribution >= 0.6 is 0 Å². The zero-order valence-electron chi connectivity index (χ0n) is 14.7. The van der Waals surface area contributed by atoms with Crippen molar-refractivity contribution in [3.63, 3.8) is 0 Å². The van der Waals surface area contributed by atoms with E-state index in [0.29, 0.717) is 11.4 Å². The zero-order valence-corrected chi connectivity index (χ0v) is 14.7. The predicted molar refractivity (Wildman–Crippen MR) is 103 cm³/mol. The van der Waals surface area contributed by atoms with E-state index in [4.69, 9.17) is 0 Å². The number of aromatic nitrogens is 2. The van der Waals surface area contributed by atoms with Gasteiger partial charge in [0.2, 0.25) is 0 Å². The van der Waals surface area contributed by atoms with E-state index < -0.39 is 11.7 Å². The van der Waals surface area contributed by atoms with Crippen LogP contribution in [0.2, 0.25) is 0 Å². The quantitative estimate of drug-likeness (QED) is 0.408. The molecule has 0 fully saturated rings. The number of hydrogen-bond donors (Lipinski definition) is 0. The molecule has 0 aliphatic carbocycles. The summed E-state index contributed by atoms with van der Waals surface area (Å²) in [5, 5.41) is 0. The molecule has 0 bridgehead atoms. The summed E-state index contributed by atoms with van der Waals surface area (Å²) in [6, 6.07) is 24.2. The minimum absolute atomic E-state index is 0.565. The van der Waals surface area contributed by atoms with E-state index in [9.17, 15) is 13.2 Å². The van der Waals surface area contributed by atoms with Crippen molar-refractivity contribution >= 4 is 0 Å². The molecule has 0 aliphatic rings. The number of rotatable bonds is 3. The summed E-state index contributed by atoms with van der Waals surface area (Å²) in [7, 11) is 0. The second-order valence-corrected chi connectivity index (χ2v) is 6.29. The molecule has 4 aromatic rings. The maximum absolute atomic E-state index is 12.8. The Morgan fingerprint density at radius 2 is 1.29 bits per heavy atom. The fourth-order valence-corrected chi connectivity index (χ4v) is 2.96. The van der Waals surface area contributed by atoms with Crippen molar-refractivity contribution < 1.29 is 13.2 Å². The molecular weight excluding hydrogens is 361 g/mol. The molecule has 0 N–H and O–H groups in total. The first-order valence-corrected chi connectivity index (χ1v) is 8.67. The molecule has 0 atom stereocenters. The fraction of sp³-hybridized carbons (Fsp3) is 0.0435. The normalized spacial score (nSPS) is 11.4. The first kappa shape index (κ1) is 17.9. The molecule has 138 valence electrons. The van der Waals surface area contributed by atoms with Crippen LogP contribution in [0.4, 0.5) is 13.2 Å². The van der Waals surface area contributed by atoms with Gasteiger partial charge in [-0.05, 0) is 35.4 Å². The van der Waals surface area contributed by atoms with Crippen LogP contribution in [-0.4, -0.2) is 9.97 Å². The summed E-state index contributed by atoms with van der Waals surface area (Å²) >= 11 is 0. The monoisotopic (exact) mass is 376 g/mol. The number of hydrogen-bond acceptors (Lipinski definition) is 2. The Morgan fingerprint density at radius 3 is 2.00 bits per heavy atom. The van der Waals surface area contributed by atoms with Gasteiger partial charge in [-0.25, -0.2) is 9.97 Å². The summed E-state index contributed by atoms with van der Waals surface area (Å²) in [6.07, 6.45) is -2.64. The molecule has 0 radical (unpaired) electrons. The lowest BCUT2D eigenvalue weighted by atomic mass is 10.0. The van der Waals surface area contributed by atoms with Crippen molar-refractivity contribution in [2.75, 3.05) is 0 Å². The molecule has 0 amide bonds. The Bertz CT molecular complexity index is 1090. The van der Waals surface area contributed by atoms with E-state index in [0.717, 1.165) is 34.5 Å². The number of alkyl halides is 3. The largest absolute Gasteiger partial charge is 0.416 e. The van der Waals surface area contributed by atoms with E-state index in [1.165, 1.54) is 12.1 Å². The SMILES string of the molecule is FC(F)(F)c1ccc(-c2cccc(-c3nccc(-c4ccccc4)n3)c2)cc1. The van der Waals surface area contributed by atoms with Gasteiger partial charge in [0.05, 0.1) is 11.3 Å². The highest BCUT2D eigenvalue weighted by atomic mass is 19.4. The van der Waals surface area contributed by atoms with Crippen LogP contribution in [0, 0.1) is 0 Å². The standard InChI is InChI=1S/C23H15F3N2/c24-23(25,26)20-11-9-16(10-12-20)18-7-4-8-19(15-18)22-27-14-13-21(28-22)17-5-2-1-3-6-17/h1-15H. The van der Waals surface area contributed by atoms with Gasteiger partial charge in [0.25, 0.3) is 0 Å². The van der Waals surface area contributed by atoms with Gasteiger partial charge in [0.15, 0.2) is 5.82 Å². The van der Waals surface area contributed by atoms with Crippen molar-refractivity contribution in [1.82, 2.24) is 9.97 Å². The van der Waals surface area contributed by atoms with Gasteiger partial charge in [0, 0.05) is 17.3 Å². The second kappa shape index (κ2) is 7.27. The number of benzene rings is 3. The molecule has 2 nitrogen and oxygen atoms in total. The summed E-state index contributed by atoms with van der Waals surface area (Å²) in [5.41, 5.74) is 3.45. The highest BCUT2D eigenvalue weighted by Crippen LogP contribution is 2.32. The third kappa shape index (κ3) is 3.78. The lowest BCUT2D eigenvalue weighted by Gasteiger charge is -2.09. The number of halogens is 3. The Morgan fingerprint density at radius 1 is 0.607 bits per heavy atom. The van der Waals surface area contributed by atoms with Crippen molar-refractivity contribution in [1.29, 1.82) is 0 Å². The highest BCUT2D eigenvalue weighted by Gasteiger charge is 2.29. The van der Waals surface area contributed by atoms with Crippen molar-refractivity contribution in [3.05, 3.63) is 96.7 Å². The van der Waals surface area contributed by atoms with E-state index in [1.54, 1.807) is 6.20 Å². The highest BCUT2D eigenvalue weighted by molar-refractivity contribution is 5.71. The van der Waals surface area contributed by atoms with E-state index in [1.807, 2.05) is 60.7 Å². The van der Waals surface area contributed by atoms with Crippen molar-refractivity contribution in [2.24, 2.45) is 0 Å². The Hall–Kier alpha value is -3.47. The Kier molecular flexibility index (Phi) is 4.65. The lowest BCUT2D eigenvalue weighted by Crippen LogP contribution is -2.03. The fourth-order valence-electron chi connectivity index (χ4n) is 2.96. The molecule has 1 aromatic heterocycles. The summed E-state index contributed by atoms with van der Waals surface area (Å²) in [5.74, 6) is 0.565. The van der Waals surface area contributed by atoms with Crippen LogP contribution < -0.4 is 0 Å². The van der Waals surface area contributed by atoms with Gasteiger partial charge in [-0.15, -0.1) is 0 Å². The lowest BCUT2D eigenvalue weighted by molar-refractivity contribution is -0.137. The topological polar surface area (TPSA) is 25.8 Å². The third-order valence-corrected chi connectivity index (χ3v) is 4.39. The minimum atomic E-state index is -4.34. The molecule has 5 heteroatoms. The van der Waals surface area contributed by atoms with Gasteiger partial charge in [-0.3, -0.25) is 0 Å². The first-order chi connectivity index (χ1) is 13.5. The van der Waals surface area contributed by atoms with Gasteiger partial charge in [0.1, 0.15) is 0 Å². The van der Waals surface area contributed by atoms with Crippen LogP contribution in [0.5, 0.6) is 0 Å². The van der Waals surface area contributed by atoms with Crippen LogP contribution in [0.15, 0.2) is 91.1 Å². The molecular formula is C23H15F3N2. The van der Waals surface area contributed by atoms with Gasteiger partial charge in [-0.1, -0.05) is 60.7 Å². The zero-order chi connectivity index (χ0) is 19.6. The predicted octanol–water partition coefficient (Wildman–Crippen LogP) is 6.50. The van der Waals surface area contributed by atoms with Crippen LogP contribution in [0.3, 0.4) is 0 Å². The summed E-state index contributed by atoms with van der Waals surface area (Å²) in [4.78, 5) is 8.99. The molecule has 0 saturated heterocycles. The Balaban J connectivity index is 1.68. The molecule has 0 saturated carbocycles. The van der Waals surface area contributed by atoms with Gasteiger partial charge in [-0.2, -0.15) is 13.2 Å². The van der Waals surface area contributed by atoms with Crippen LogP contribution in [-0.2, 0) is 6.18 Å². The molecule has 3 aromatic carbocycles. The van der Waals surface area contributed by atoms with E-state index in [-0.39, 0.29) is 0 Å². The van der Waals surface area contributed by atoms with Crippen molar-refractivity contribution in [3.8, 4) is 33.8 Å². The summed E-state index contributed by atoms with van der Waals surface area (Å²) in [6.45, 7) is 0. The van der Waals surface area contributed by atoms with Gasteiger partial charge < -0.3 is 0 Å². The maximum atomic E-state index is 12.8. The second-order valence-electron chi connectivity index (χ2n) is 6.29. The molecule has 4 rings (SSSR count). The van der Waals surface area contributed by atoms with Crippen molar-refractivity contribution in [2.45, 2.75) is 6.18 Å². The molecule has 0 spiro atoms. The van der Waals surface area contributed by atoms with E-state index in [2.05, 4.69) is 9.97 Å². The third-order valence-electron chi connectivity index (χ3n) is 4.39. The molecule has 28 heavy (non-hydrogen) atoms. The van der Waals surface area contributed by atoms with E-state index >= 15 is 0 Å². The maximum Gasteiger partial charge on any atom is 0.416 e. The molecule has 0 unspecified atom stereocenters. The molecule has 1 heterocycles. The van der Waals surface area contributed by atoms with Crippen LogP contribution in [0.1, 0.15) is 5.56 Å². The average molecular weight is 376 g/mol. The van der Waals surface area contributed by atoms with Crippen LogP contribution in [0.25, 0.3) is 33.8 Å².